The van der Waals surface area contributed by atoms with E-state index in [9.17, 15) is 14.9 Å². The number of carbonyl (C=O) groups excluding carboxylic acids is 1. The van der Waals surface area contributed by atoms with Crippen molar-refractivity contribution in [1.82, 2.24) is 0 Å². The molecule has 0 unspecified atom stereocenters. The van der Waals surface area contributed by atoms with Crippen molar-refractivity contribution in [1.29, 1.82) is 0 Å². The quantitative estimate of drug-likeness (QED) is 0.276. The van der Waals surface area contributed by atoms with Crippen molar-refractivity contribution in [3.8, 4) is 0 Å². The van der Waals surface area contributed by atoms with Gasteiger partial charge in [-0.15, -0.1) is 0 Å². The van der Waals surface area contributed by atoms with E-state index in [2.05, 4.69) is 4.74 Å². The summed E-state index contributed by atoms with van der Waals surface area (Å²) in [5.74, 6) is -0.614. The zero-order valence-electron chi connectivity index (χ0n) is 7.07. The summed E-state index contributed by atoms with van der Waals surface area (Å²) in [6.07, 6.45) is 0.984. The summed E-state index contributed by atoms with van der Waals surface area (Å²) in [5.41, 5.74) is 0.0850. The van der Waals surface area contributed by atoms with Crippen LogP contribution >= 0.6 is 0 Å². The van der Waals surface area contributed by atoms with Gasteiger partial charge in [0.15, 0.2) is 0 Å². The molecule has 0 aliphatic heterocycles. The highest BCUT2D eigenvalue weighted by molar-refractivity contribution is 5.87. The molecule has 0 aliphatic carbocycles. The maximum absolute atomic E-state index is 10.9. The van der Waals surface area contributed by atoms with Gasteiger partial charge in [-0.3, -0.25) is 10.1 Å². The summed E-state index contributed by atoms with van der Waals surface area (Å²) < 4.78 is 4.58. The van der Waals surface area contributed by atoms with Gasteiger partial charge >= 0.3 is 5.97 Å². The third kappa shape index (κ3) is 3.70. The van der Waals surface area contributed by atoms with Crippen molar-refractivity contribution in [3.63, 3.8) is 0 Å². The van der Waals surface area contributed by atoms with Gasteiger partial charge < -0.3 is 4.74 Å². The van der Waals surface area contributed by atoms with Crippen molar-refractivity contribution >= 4 is 5.97 Å². The Bertz CT molecular complexity index is 209. The monoisotopic (exact) mass is 173 g/mol. The Kier molecular flexibility index (Phi) is 4.67. The molecule has 0 aliphatic rings. The highest BCUT2D eigenvalue weighted by Crippen LogP contribution is 2.02. The first-order valence-corrected chi connectivity index (χ1v) is 3.63. The van der Waals surface area contributed by atoms with E-state index in [-0.39, 0.29) is 12.2 Å². The van der Waals surface area contributed by atoms with Crippen LogP contribution in [0.1, 0.15) is 20.3 Å². The van der Waals surface area contributed by atoms with Crippen molar-refractivity contribution in [2.75, 3.05) is 6.61 Å². The predicted molar refractivity (Wildman–Crippen MR) is 42.0 cm³/mol. The number of nitro groups is 1. The van der Waals surface area contributed by atoms with E-state index in [1.165, 1.54) is 0 Å². The minimum atomic E-state index is -0.657. The Morgan fingerprint density at radius 3 is 2.50 bits per heavy atom. The van der Waals surface area contributed by atoms with E-state index in [1.54, 1.807) is 13.8 Å². The normalized spacial score (nSPS) is 11.0. The first-order valence-electron chi connectivity index (χ1n) is 3.63. The molecule has 0 saturated carbocycles. The van der Waals surface area contributed by atoms with Gasteiger partial charge in [0.25, 0.3) is 0 Å². The molecule has 0 atom stereocenters. The van der Waals surface area contributed by atoms with Gasteiger partial charge in [-0.05, 0) is 13.3 Å². The molecule has 5 nitrogen and oxygen atoms in total. The minimum absolute atomic E-state index is 0.0850. The average molecular weight is 173 g/mol. The van der Waals surface area contributed by atoms with Crippen LogP contribution in [0.25, 0.3) is 0 Å². The standard InChI is InChI=1S/C7H11NO4/c1-3-6(5-8(10)11)7(9)12-4-2/h5H,3-4H2,1-2H3/b6-5-. The fourth-order valence-corrected chi connectivity index (χ4v) is 0.639. The zero-order chi connectivity index (χ0) is 9.56. The van der Waals surface area contributed by atoms with Crippen LogP contribution in [0.15, 0.2) is 11.8 Å². The molecular formula is C7H11NO4. The highest BCUT2D eigenvalue weighted by atomic mass is 16.6. The maximum atomic E-state index is 10.9. The van der Waals surface area contributed by atoms with Crippen molar-refractivity contribution < 1.29 is 14.5 Å². The maximum Gasteiger partial charge on any atom is 0.340 e. The summed E-state index contributed by atoms with van der Waals surface area (Å²) in [6, 6.07) is 0. The molecule has 0 rings (SSSR count). The Morgan fingerprint density at radius 2 is 2.17 bits per heavy atom. The minimum Gasteiger partial charge on any atom is -0.462 e. The third-order valence-electron chi connectivity index (χ3n) is 1.18. The predicted octanol–water partition coefficient (Wildman–Crippen LogP) is 1.12. The molecule has 0 aromatic heterocycles. The molecule has 12 heavy (non-hydrogen) atoms. The van der Waals surface area contributed by atoms with Crippen LogP contribution < -0.4 is 0 Å². The van der Waals surface area contributed by atoms with E-state index in [4.69, 9.17) is 0 Å². The molecule has 0 bridgehead atoms. The smallest absolute Gasteiger partial charge is 0.340 e. The number of esters is 1. The lowest BCUT2D eigenvalue weighted by Gasteiger charge is -2.00. The van der Waals surface area contributed by atoms with E-state index in [0.29, 0.717) is 12.6 Å². The number of nitrogens with zero attached hydrogens (tertiary/aromatic N) is 1. The summed E-state index contributed by atoms with van der Waals surface area (Å²) in [4.78, 5) is 20.3. The van der Waals surface area contributed by atoms with E-state index in [0.717, 1.165) is 0 Å². The van der Waals surface area contributed by atoms with Crippen LogP contribution in [0.4, 0.5) is 0 Å². The molecule has 0 radical (unpaired) electrons. The lowest BCUT2D eigenvalue weighted by Crippen LogP contribution is -2.08. The molecule has 0 saturated heterocycles. The summed E-state index contributed by atoms with van der Waals surface area (Å²) in [5, 5.41) is 10.00. The van der Waals surface area contributed by atoms with Crippen molar-refractivity contribution in [2.24, 2.45) is 0 Å². The molecule has 0 fully saturated rings. The lowest BCUT2D eigenvalue weighted by molar-refractivity contribution is -0.403. The first-order chi connectivity index (χ1) is 5.61. The largest absolute Gasteiger partial charge is 0.462 e. The van der Waals surface area contributed by atoms with Gasteiger partial charge in [-0.1, -0.05) is 6.92 Å². The Labute approximate surface area is 70.2 Å². The first kappa shape index (κ1) is 10.6. The summed E-state index contributed by atoms with van der Waals surface area (Å²) >= 11 is 0. The highest BCUT2D eigenvalue weighted by Gasteiger charge is 2.11. The Morgan fingerprint density at radius 1 is 1.58 bits per heavy atom. The van der Waals surface area contributed by atoms with E-state index in [1.807, 2.05) is 0 Å². The van der Waals surface area contributed by atoms with Crippen LogP contribution in [-0.4, -0.2) is 17.5 Å². The molecule has 5 heteroatoms. The van der Waals surface area contributed by atoms with Crippen LogP contribution in [0.2, 0.25) is 0 Å². The molecular weight excluding hydrogens is 162 g/mol. The van der Waals surface area contributed by atoms with Crippen LogP contribution in [-0.2, 0) is 9.53 Å². The Hall–Kier alpha value is -1.39. The fraction of sp³-hybridized carbons (Fsp3) is 0.571. The number of carbonyl (C=O) groups is 1. The second kappa shape index (κ2) is 5.29. The third-order valence-corrected chi connectivity index (χ3v) is 1.18. The van der Waals surface area contributed by atoms with Crippen LogP contribution in [0.5, 0.6) is 0 Å². The number of ether oxygens (including phenoxy) is 1. The van der Waals surface area contributed by atoms with Gasteiger partial charge in [0.2, 0.25) is 6.20 Å². The van der Waals surface area contributed by atoms with Crippen LogP contribution in [0.3, 0.4) is 0 Å². The molecule has 0 spiro atoms. The molecule has 0 aromatic rings. The summed E-state index contributed by atoms with van der Waals surface area (Å²) in [6.45, 7) is 3.54. The van der Waals surface area contributed by atoms with E-state index >= 15 is 0 Å². The number of hydrogen-bond donors (Lipinski definition) is 0. The zero-order valence-corrected chi connectivity index (χ0v) is 7.07. The molecule has 68 valence electrons. The fourth-order valence-electron chi connectivity index (χ4n) is 0.639. The Balaban J connectivity index is 4.34. The number of rotatable bonds is 4. The van der Waals surface area contributed by atoms with E-state index < -0.39 is 10.9 Å². The SMILES string of the molecule is CCOC(=O)/C(=C\[N+](=O)[O-])CC. The van der Waals surface area contributed by atoms with Gasteiger partial charge in [-0.25, -0.2) is 4.79 Å². The molecule has 0 amide bonds. The van der Waals surface area contributed by atoms with Gasteiger partial charge in [0, 0.05) is 0 Å². The van der Waals surface area contributed by atoms with Gasteiger partial charge in [0.1, 0.15) is 5.57 Å². The second-order valence-electron chi connectivity index (χ2n) is 2.01. The number of hydrogen-bond acceptors (Lipinski definition) is 4. The average Bonchev–Trinajstić information content (AvgIpc) is 2.00. The lowest BCUT2D eigenvalue weighted by atomic mass is 10.2. The summed E-state index contributed by atoms with van der Waals surface area (Å²) in [7, 11) is 0. The van der Waals surface area contributed by atoms with Crippen molar-refractivity contribution in [3.05, 3.63) is 21.9 Å². The van der Waals surface area contributed by atoms with Crippen molar-refractivity contribution in [2.45, 2.75) is 20.3 Å². The second-order valence-corrected chi connectivity index (χ2v) is 2.01. The molecule has 0 heterocycles. The molecule has 0 aromatic carbocycles. The molecule has 0 N–H and O–H groups in total. The van der Waals surface area contributed by atoms with Gasteiger partial charge in [0.05, 0.1) is 11.5 Å². The van der Waals surface area contributed by atoms with Gasteiger partial charge in [-0.2, -0.15) is 0 Å². The van der Waals surface area contributed by atoms with Crippen LogP contribution in [0, 0.1) is 10.1 Å². The topological polar surface area (TPSA) is 69.4 Å².